The Bertz CT molecular complexity index is 553. The molecule has 1 heterocycles. The fraction of sp³-hybridized carbons (Fsp3) is 0.111. The van der Waals surface area contributed by atoms with E-state index >= 15 is 0 Å². The molecule has 0 unspecified atom stereocenters. The number of hydrogen-bond donors (Lipinski definition) is 1. The highest BCUT2D eigenvalue weighted by molar-refractivity contribution is 7.16. The average molecular weight is 226 g/mol. The Hall–Kier alpha value is -1.82. The van der Waals surface area contributed by atoms with Crippen LogP contribution in [0.3, 0.4) is 0 Å². The maximum Gasteiger partial charge on any atom is 0.396 e. The van der Waals surface area contributed by atoms with Gasteiger partial charge in [0.25, 0.3) is 0 Å². The molecule has 0 fully saturated rings. The van der Waals surface area contributed by atoms with Crippen molar-refractivity contribution < 1.29 is 19.1 Å². The SMILES string of the molecule is O=C(O)COc1ccc2sc(=O)oc2c1. The molecule has 78 valence electrons. The maximum atomic E-state index is 10.9. The van der Waals surface area contributed by atoms with Crippen molar-refractivity contribution in [2.24, 2.45) is 0 Å². The van der Waals surface area contributed by atoms with E-state index in [1.807, 2.05) is 0 Å². The maximum absolute atomic E-state index is 10.9. The van der Waals surface area contributed by atoms with E-state index in [0.717, 1.165) is 11.3 Å². The average Bonchev–Trinajstić information content (AvgIpc) is 2.53. The van der Waals surface area contributed by atoms with Gasteiger partial charge >= 0.3 is 10.9 Å². The zero-order valence-corrected chi connectivity index (χ0v) is 8.24. The monoisotopic (exact) mass is 226 g/mol. The molecule has 0 aliphatic rings. The fourth-order valence-electron chi connectivity index (χ4n) is 1.09. The molecule has 1 N–H and O–H groups in total. The highest BCUT2D eigenvalue weighted by atomic mass is 32.1. The summed E-state index contributed by atoms with van der Waals surface area (Å²) in [6.07, 6.45) is 0. The first-order valence-electron chi connectivity index (χ1n) is 4.03. The van der Waals surface area contributed by atoms with E-state index in [-0.39, 0.29) is 4.94 Å². The summed E-state index contributed by atoms with van der Waals surface area (Å²) in [7, 11) is 0. The number of carboxylic acids is 1. The van der Waals surface area contributed by atoms with E-state index in [1.165, 1.54) is 6.07 Å². The predicted molar refractivity (Wildman–Crippen MR) is 53.5 cm³/mol. The van der Waals surface area contributed by atoms with Crippen molar-refractivity contribution in [2.75, 3.05) is 6.61 Å². The summed E-state index contributed by atoms with van der Waals surface area (Å²) >= 11 is 0.991. The quantitative estimate of drug-likeness (QED) is 0.854. The van der Waals surface area contributed by atoms with E-state index in [9.17, 15) is 9.59 Å². The molecule has 5 nitrogen and oxygen atoms in total. The van der Waals surface area contributed by atoms with Crippen LogP contribution in [-0.4, -0.2) is 17.7 Å². The summed E-state index contributed by atoms with van der Waals surface area (Å²) in [5.41, 5.74) is 0.410. The number of aliphatic carboxylic acids is 1. The second kappa shape index (κ2) is 3.74. The number of rotatable bonds is 3. The number of carboxylic acid groups (broad SMARTS) is 1. The van der Waals surface area contributed by atoms with Gasteiger partial charge in [-0.25, -0.2) is 9.59 Å². The predicted octanol–water partition coefficient (Wildman–Crippen LogP) is 1.32. The number of carbonyl (C=O) groups is 1. The van der Waals surface area contributed by atoms with Crippen LogP contribution in [0.5, 0.6) is 5.75 Å². The first-order chi connectivity index (χ1) is 7.15. The first-order valence-corrected chi connectivity index (χ1v) is 4.85. The standard InChI is InChI=1S/C9H6O5S/c10-8(11)4-13-5-1-2-7-6(3-5)14-9(12)15-7/h1-3H,4H2,(H,10,11). The van der Waals surface area contributed by atoms with Gasteiger partial charge in [-0.2, -0.15) is 0 Å². The molecule has 2 aromatic rings. The minimum atomic E-state index is -1.05. The molecule has 0 atom stereocenters. The van der Waals surface area contributed by atoms with Crippen molar-refractivity contribution in [1.82, 2.24) is 0 Å². The lowest BCUT2D eigenvalue weighted by atomic mass is 10.3. The molecule has 0 saturated carbocycles. The molecule has 15 heavy (non-hydrogen) atoms. The summed E-state index contributed by atoms with van der Waals surface area (Å²) in [5, 5.41) is 8.40. The van der Waals surface area contributed by atoms with E-state index in [0.29, 0.717) is 16.0 Å². The van der Waals surface area contributed by atoms with Gasteiger partial charge in [-0.3, -0.25) is 0 Å². The van der Waals surface area contributed by atoms with Crippen LogP contribution in [0.1, 0.15) is 0 Å². The number of benzene rings is 1. The molecule has 2 rings (SSSR count). The first kappa shape index (κ1) is 9.72. The van der Waals surface area contributed by atoms with Crippen LogP contribution < -0.4 is 9.68 Å². The van der Waals surface area contributed by atoms with Crippen LogP contribution >= 0.6 is 11.3 Å². The summed E-state index contributed by atoms with van der Waals surface area (Å²) in [5.74, 6) is -0.687. The minimum absolute atomic E-state index is 0.367. The van der Waals surface area contributed by atoms with Gasteiger partial charge in [-0.1, -0.05) is 11.3 Å². The number of fused-ring (bicyclic) bond motifs is 1. The Kier molecular flexibility index (Phi) is 2.42. The van der Waals surface area contributed by atoms with E-state index < -0.39 is 12.6 Å². The molecule has 0 saturated heterocycles. The van der Waals surface area contributed by atoms with Gasteiger partial charge in [0.2, 0.25) is 0 Å². The molecule has 0 radical (unpaired) electrons. The van der Waals surface area contributed by atoms with Crippen LogP contribution in [-0.2, 0) is 4.79 Å². The minimum Gasteiger partial charge on any atom is -0.482 e. The third-order valence-electron chi connectivity index (χ3n) is 1.66. The summed E-state index contributed by atoms with van der Waals surface area (Å²) < 4.78 is 10.5. The second-order valence-electron chi connectivity index (χ2n) is 2.75. The van der Waals surface area contributed by atoms with Crippen molar-refractivity contribution in [2.45, 2.75) is 0 Å². The van der Waals surface area contributed by atoms with Gasteiger partial charge in [0.05, 0.1) is 4.70 Å². The molecule has 0 bridgehead atoms. The smallest absolute Gasteiger partial charge is 0.396 e. The molecule has 1 aromatic heterocycles. The van der Waals surface area contributed by atoms with Gasteiger partial charge in [-0.05, 0) is 12.1 Å². The van der Waals surface area contributed by atoms with Gasteiger partial charge in [0.1, 0.15) is 5.75 Å². The van der Waals surface area contributed by atoms with Gasteiger partial charge in [-0.15, -0.1) is 0 Å². The van der Waals surface area contributed by atoms with Crippen LogP contribution in [0.15, 0.2) is 27.4 Å². The summed E-state index contributed by atoms with van der Waals surface area (Å²) in [6, 6.07) is 4.75. The topological polar surface area (TPSA) is 76.7 Å². The molecular weight excluding hydrogens is 220 g/mol. The molecular formula is C9H6O5S. The molecule has 0 aliphatic carbocycles. The lowest BCUT2D eigenvalue weighted by Gasteiger charge is -2.01. The zero-order valence-electron chi connectivity index (χ0n) is 7.43. The van der Waals surface area contributed by atoms with Crippen LogP contribution in [0.25, 0.3) is 10.3 Å². The normalized spacial score (nSPS) is 10.4. The van der Waals surface area contributed by atoms with Crippen LogP contribution in [0.4, 0.5) is 0 Å². The highest BCUT2D eigenvalue weighted by Gasteiger charge is 2.04. The molecule has 6 heteroatoms. The zero-order chi connectivity index (χ0) is 10.8. The number of hydrogen-bond acceptors (Lipinski definition) is 5. The van der Waals surface area contributed by atoms with Crippen LogP contribution in [0, 0.1) is 0 Å². The summed E-state index contributed by atoms with van der Waals surface area (Å²) in [6.45, 7) is -0.417. The molecule has 0 spiro atoms. The second-order valence-corrected chi connectivity index (χ2v) is 3.72. The van der Waals surface area contributed by atoms with Crippen molar-refractivity contribution in [3.63, 3.8) is 0 Å². The molecule has 1 aromatic carbocycles. The van der Waals surface area contributed by atoms with E-state index in [2.05, 4.69) is 0 Å². The summed E-state index contributed by atoms with van der Waals surface area (Å²) in [4.78, 5) is 20.7. The van der Waals surface area contributed by atoms with Crippen LogP contribution in [0.2, 0.25) is 0 Å². The lowest BCUT2D eigenvalue weighted by molar-refractivity contribution is -0.139. The third-order valence-corrected chi connectivity index (χ3v) is 2.47. The Balaban J connectivity index is 2.30. The molecule has 0 aliphatic heterocycles. The highest BCUT2D eigenvalue weighted by Crippen LogP contribution is 2.22. The Morgan fingerprint density at radius 1 is 1.53 bits per heavy atom. The third kappa shape index (κ3) is 2.16. The Morgan fingerprint density at radius 3 is 3.07 bits per heavy atom. The van der Waals surface area contributed by atoms with Crippen molar-refractivity contribution in [1.29, 1.82) is 0 Å². The van der Waals surface area contributed by atoms with Crippen molar-refractivity contribution in [3.8, 4) is 5.75 Å². The van der Waals surface area contributed by atoms with Gasteiger partial charge < -0.3 is 14.3 Å². The van der Waals surface area contributed by atoms with Crippen molar-refractivity contribution >= 4 is 27.6 Å². The largest absolute Gasteiger partial charge is 0.482 e. The van der Waals surface area contributed by atoms with Crippen molar-refractivity contribution in [3.05, 3.63) is 27.9 Å². The van der Waals surface area contributed by atoms with Gasteiger partial charge in [0.15, 0.2) is 12.2 Å². The fourth-order valence-corrected chi connectivity index (χ4v) is 1.74. The lowest BCUT2D eigenvalue weighted by Crippen LogP contribution is -2.09. The Morgan fingerprint density at radius 2 is 2.33 bits per heavy atom. The molecule has 0 amide bonds. The van der Waals surface area contributed by atoms with E-state index in [4.69, 9.17) is 14.3 Å². The Labute approximate surface area is 87.5 Å². The van der Waals surface area contributed by atoms with E-state index in [1.54, 1.807) is 12.1 Å². The number of ether oxygens (including phenoxy) is 1. The van der Waals surface area contributed by atoms with Gasteiger partial charge in [0, 0.05) is 6.07 Å².